The maximum absolute atomic E-state index is 3.47. The molecule has 2 rings (SSSR count). The topological polar surface area (TPSA) is 15.3 Å². The fourth-order valence-electron chi connectivity index (χ4n) is 2.10. The first-order valence-corrected chi connectivity index (χ1v) is 6.33. The molecule has 1 aliphatic heterocycles. The number of piperazine rings is 1. The normalized spacial score (nSPS) is 21.7. The Bertz CT molecular complexity index is 310. The van der Waals surface area contributed by atoms with Crippen LogP contribution < -0.4 is 10.2 Å². The van der Waals surface area contributed by atoms with Crippen molar-refractivity contribution in [3.8, 4) is 0 Å². The Morgan fingerprint density at radius 3 is 2.80 bits per heavy atom. The Hall–Kier alpha value is -0.540. The number of halogens is 1. The first-order valence-electron chi connectivity index (χ1n) is 5.54. The van der Waals surface area contributed by atoms with Gasteiger partial charge in [0, 0.05) is 35.8 Å². The van der Waals surface area contributed by atoms with Crippen LogP contribution in [0, 0.1) is 0 Å². The van der Waals surface area contributed by atoms with Crippen LogP contribution in [0.2, 0.25) is 0 Å². The molecule has 1 atom stereocenters. The maximum Gasteiger partial charge on any atom is 0.0412 e. The van der Waals surface area contributed by atoms with Gasteiger partial charge in [-0.25, -0.2) is 0 Å². The zero-order valence-electron chi connectivity index (χ0n) is 9.04. The van der Waals surface area contributed by atoms with Gasteiger partial charge in [0.1, 0.15) is 0 Å². The number of rotatable bonds is 2. The van der Waals surface area contributed by atoms with Crippen molar-refractivity contribution in [2.75, 3.05) is 24.5 Å². The third kappa shape index (κ3) is 2.52. The summed E-state index contributed by atoms with van der Waals surface area (Å²) >= 11 is 3.47. The quantitative estimate of drug-likeness (QED) is 0.888. The van der Waals surface area contributed by atoms with E-state index in [1.807, 2.05) is 0 Å². The predicted octanol–water partition coefficient (Wildman–Crippen LogP) is 2.64. The average molecular weight is 269 g/mol. The van der Waals surface area contributed by atoms with Crippen molar-refractivity contribution in [1.82, 2.24) is 5.32 Å². The van der Waals surface area contributed by atoms with Gasteiger partial charge in [-0.2, -0.15) is 0 Å². The van der Waals surface area contributed by atoms with Gasteiger partial charge in [-0.15, -0.1) is 0 Å². The summed E-state index contributed by atoms with van der Waals surface area (Å²) in [7, 11) is 0. The lowest BCUT2D eigenvalue weighted by atomic mass is 10.1. The van der Waals surface area contributed by atoms with Crippen molar-refractivity contribution in [2.24, 2.45) is 0 Å². The minimum Gasteiger partial charge on any atom is -0.366 e. The average Bonchev–Trinajstić information content (AvgIpc) is 2.30. The molecule has 1 aromatic rings. The van der Waals surface area contributed by atoms with Gasteiger partial charge < -0.3 is 10.2 Å². The molecule has 15 heavy (non-hydrogen) atoms. The zero-order chi connectivity index (χ0) is 10.7. The van der Waals surface area contributed by atoms with E-state index in [-0.39, 0.29) is 0 Å². The molecular weight excluding hydrogens is 252 g/mol. The molecular formula is C12H17BrN2. The van der Waals surface area contributed by atoms with Crippen LogP contribution in [0.1, 0.15) is 13.3 Å². The summed E-state index contributed by atoms with van der Waals surface area (Å²) in [5, 5.41) is 3.45. The van der Waals surface area contributed by atoms with Crippen LogP contribution in [0.5, 0.6) is 0 Å². The van der Waals surface area contributed by atoms with Crippen molar-refractivity contribution in [3.05, 3.63) is 28.7 Å². The molecule has 3 heteroatoms. The van der Waals surface area contributed by atoms with Gasteiger partial charge in [0.25, 0.3) is 0 Å². The Kier molecular flexibility index (Phi) is 3.65. The molecule has 1 saturated heterocycles. The lowest BCUT2D eigenvalue weighted by molar-refractivity contribution is 0.466. The molecule has 1 heterocycles. The van der Waals surface area contributed by atoms with Crippen LogP contribution in [0.4, 0.5) is 5.69 Å². The standard InChI is InChI=1S/C12H17BrN2/c1-2-11-9-14-7-8-15(11)12-5-3-10(13)4-6-12/h3-6,11,14H,2,7-9H2,1H3. The number of nitrogens with zero attached hydrogens (tertiary/aromatic N) is 1. The monoisotopic (exact) mass is 268 g/mol. The Morgan fingerprint density at radius 2 is 2.13 bits per heavy atom. The molecule has 0 amide bonds. The third-order valence-electron chi connectivity index (χ3n) is 2.98. The van der Waals surface area contributed by atoms with Crippen LogP contribution in [-0.4, -0.2) is 25.7 Å². The van der Waals surface area contributed by atoms with Crippen molar-refractivity contribution < 1.29 is 0 Å². The second-order valence-corrected chi connectivity index (χ2v) is 4.85. The molecule has 1 fully saturated rings. The van der Waals surface area contributed by atoms with E-state index in [9.17, 15) is 0 Å². The summed E-state index contributed by atoms with van der Waals surface area (Å²) in [5.41, 5.74) is 1.34. The Morgan fingerprint density at radius 1 is 1.40 bits per heavy atom. The molecule has 0 bridgehead atoms. The third-order valence-corrected chi connectivity index (χ3v) is 3.51. The van der Waals surface area contributed by atoms with Gasteiger partial charge in [-0.1, -0.05) is 22.9 Å². The van der Waals surface area contributed by atoms with Gasteiger partial charge in [0.15, 0.2) is 0 Å². The number of hydrogen-bond donors (Lipinski definition) is 1. The highest BCUT2D eigenvalue weighted by Gasteiger charge is 2.20. The van der Waals surface area contributed by atoms with Crippen LogP contribution in [0.15, 0.2) is 28.7 Å². The predicted molar refractivity (Wildman–Crippen MR) is 68.4 cm³/mol. The Labute approximate surface area is 99.8 Å². The molecule has 1 aliphatic rings. The number of hydrogen-bond acceptors (Lipinski definition) is 2. The van der Waals surface area contributed by atoms with Crippen LogP contribution in [0.3, 0.4) is 0 Å². The van der Waals surface area contributed by atoms with Gasteiger partial charge in [-0.3, -0.25) is 0 Å². The van der Waals surface area contributed by atoms with Crippen molar-refractivity contribution in [1.29, 1.82) is 0 Å². The summed E-state index contributed by atoms with van der Waals surface area (Å²) in [6, 6.07) is 9.25. The van der Waals surface area contributed by atoms with Crippen molar-refractivity contribution in [3.63, 3.8) is 0 Å². The van der Waals surface area contributed by atoms with E-state index < -0.39 is 0 Å². The van der Waals surface area contributed by atoms with Gasteiger partial charge in [0.2, 0.25) is 0 Å². The smallest absolute Gasteiger partial charge is 0.0412 e. The molecule has 0 aromatic heterocycles. The minimum absolute atomic E-state index is 0.639. The number of anilines is 1. The summed E-state index contributed by atoms with van der Waals surface area (Å²) < 4.78 is 1.15. The van der Waals surface area contributed by atoms with E-state index in [1.165, 1.54) is 12.1 Å². The molecule has 0 radical (unpaired) electrons. The number of benzene rings is 1. The lowest BCUT2D eigenvalue weighted by Crippen LogP contribution is -2.51. The van der Waals surface area contributed by atoms with E-state index in [0.29, 0.717) is 6.04 Å². The van der Waals surface area contributed by atoms with Crippen LogP contribution in [-0.2, 0) is 0 Å². The Balaban J connectivity index is 2.16. The zero-order valence-corrected chi connectivity index (χ0v) is 10.6. The summed E-state index contributed by atoms with van der Waals surface area (Å²) in [5.74, 6) is 0. The fraction of sp³-hybridized carbons (Fsp3) is 0.500. The molecule has 0 spiro atoms. The largest absolute Gasteiger partial charge is 0.366 e. The second-order valence-electron chi connectivity index (χ2n) is 3.94. The highest BCUT2D eigenvalue weighted by atomic mass is 79.9. The SMILES string of the molecule is CCC1CNCCN1c1ccc(Br)cc1. The van der Waals surface area contributed by atoms with E-state index in [0.717, 1.165) is 24.1 Å². The minimum atomic E-state index is 0.639. The fourth-order valence-corrected chi connectivity index (χ4v) is 2.36. The molecule has 1 aromatic carbocycles. The molecule has 2 nitrogen and oxygen atoms in total. The van der Waals surface area contributed by atoms with Gasteiger partial charge in [0.05, 0.1) is 0 Å². The first-order chi connectivity index (χ1) is 7.31. The van der Waals surface area contributed by atoms with E-state index >= 15 is 0 Å². The first kappa shape index (κ1) is 11.0. The van der Waals surface area contributed by atoms with Crippen molar-refractivity contribution in [2.45, 2.75) is 19.4 Å². The molecule has 0 saturated carbocycles. The maximum atomic E-state index is 3.47. The molecule has 1 N–H and O–H groups in total. The molecule has 1 unspecified atom stereocenters. The lowest BCUT2D eigenvalue weighted by Gasteiger charge is -2.37. The second kappa shape index (κ2) is 4.99. The van der Waals surface area contributed by atoms with E-state index in [4.69, 9.17) is 0 Å². The van der Waals surface area contributed by atoms with E-state index in [2.05, 4.69) is 57.3 Å². The summed E-state index contributed by atoms with van der Waals surface area (Å²) in [6.45, 7) is 5.56. The molecule has 82 valence electrons. The summed E-state index contributed by atoms with van der Waals surface area (Å²) in [6.07, 6.45) is 1.20. The van der Waals surface area contributed by atoms with Gasteiger partial charge >= 0.3 is 0 Å². The van der Waals surface area contributed by atoms with Crippen LogP contribution in [0.25, 0.3) is 0 Å². The van der Waals surface area contributed by atoms with Crippen molar-refractivity contribution >= 4 is 21.6 Å². The molecule has 0 aliphatic carbocycles. The highest BCUT2D eigenvalue weighted by Crippen LogP contribution is 2.22. The van der Waals surface area contributed by atoms with Gasteiger partial charge in [-0.05, 0) is 30.7 Å². The summed E-state index contributed by atoms with van der Waals surface area (Å²) in [4.78, 5) is 2.50. The van der Waals surface area contributed by atoms with E-state index in [1.54, 1.807) is 0 Å². The highest BCUT2D eigenvalue weighted by molar-refractivity contribution is 9.10. The van der Waals surface area contributed by atoms with Crippen LogP contribution >= 0.6 is 15.9 Å². The number of nitrogens with one attached hydrogen (secondary N) is 1.